The zero-order valence-electron chi connectivity index (χ0n) is 15.7. The highest BCUT2D eigenvalue weighted by Crippen LogP contribution is 2.20. The molecule has 0 aliphatic carbocycles. The second-order valence-electron chi connectivity index (χ2n) is 6.62. The quantitative estimate of drug-likeness (QED) is 0.700. The Hall–Kier alpha value is -3.34. The Balaban J connectivity index is 1.66. The number of aromatic nitrogens is 1. The lowest BCUT2D eigenvalue weighted by Crippen LogP contribution is -2.42. The molecule has 2 aromatic carbocycles. The van der Waals surface area contributed by atoms with Crippen LogP contribution in [0.2, 0.25) is 0 Å². The molecule has 0 saturated carbocycles. The van der Waals surface area contributed by atoms with Crippen LogP contribution in [0.4, 0.5) is 0 Å². The molecule has 0 fully saturated rings. The maximum absolute atomic E-state index is 12.5. The maximum atomic E-state index is 12.5. The Morgan fingerprint density at radius 1 is 0.889 bits per heavy atom. The second kappa shape index (κ2) is 7.91. The molecule has 0 spiro atoms. The average molecular weight is 361 g/mol. The molecule has 0 aliphatic heterocycles. The summed E-state index contributed by atoms with van der Waals surface area (Å²) in [6.45, 7) is 5.84. The van der Waals surface area contributed by atoms with Crippen molar-refractivity contribution in [3.8, 4) is 5.69 Å². The lowest BCUT2D eigenvalue weighted by Gasteiger charge is -2.10. The van der Waals surface area contributed by atoms with Crippen molar-refractivity contribution in [2.45, 2.75) is 27.2 Å². The molecule has 0 bridgehead atoms. The molecule has 138 valence electrons. The van der Waals surface area contributed by atoms with Crippen LogP contribution in [-0.2, 0) is 11.2 Å². The number of nitrogens with zero attached hydrogens (tertiary/aromatic N) is 1. The number of hydrogen-bond donors (Lipinski definition) is 2. The Kier molecular flexibility index (Phi) is 5.41. The number of carbonyl (C=O) groups is 2. The van der Waals surface area contributed by atoms with Gasteiger partial charge in [-0.3, -0.25) is 20.4 Å². The minimum atomic E-state index is -0.331. The highest BCUT2D eigenvalue weighted by molar-refractivity contribution is 5.97. The van der Waals surface area contributed by atoms with E-state index in [4.69, 9.17) is 0 Å². The van der Waals surface area contributed by atoms with E-state index in [1.54, 1.807) is 0 Å². The van der Waals surface area contributed by atoms with Crippen LogP contribution in [-0.4, -0.2) is 16.4 Å². The molecule has 27 heavy (non-hydrogen) atoms. The predicted octanol–water partition coefficient (Wildman–Crippen LogP) is 3.41. The number of hydrazine groups is 1. The third-order valence-corrected chi connectivity index (χ3v) is 4.49. The third-order valence-electron chi connectivity index (χ3n) is 4.49. The highest BCUT2D eigenvalue weighted by atomic mass is 16.2. The number of hydrogen-bond acceptors (Lipinski definition) is 2. The molecule has 5 nitrogen and oxygen atoms in total. The summed E-state index contributed by atoms with van der Waals surface area (Å²) in [5, 5.41) is 0. The average Bonchev–Trinajstić information content (AvgIpc) is 2.96. The fourth-order valence-corrected chi connectivity index (χ4v) is 3.10. The van der Waals surface area contributed by atoms with Crippen molar-refractivity contribution >= 4 is 11.8 Å². The van der Waals surface area contributed by atoms with Crippen molar-refractivity contribution in [3.05, 3.63) is 88.7 Å². The zero-order valence-corrected chi connectivity index (χ0v) is 15.7. The molecule has 3 aromatic rings. The lowest BCUT2D eigenvalue weighted by atomic mass is 10.1. The van der Waals surface area contributed by atoms with E-state index in [2.05, 4.69) is 10.9 Å². The van der Waals surface area contributed by atoms with Crippen LogP contribution >= 0.6 is 0 Å². The highest BCUT2D eigenvalue weighted by Gasteiger charge is 2.17. The van der Waals surface area contributed by atoms with E-state index in [1.165, 1.54) is 0 Å². The summed E-state index contributed by atoms with van der Waals surface area (Å²) < 4.78 is 2.02. The molecule has 0 radical (unpaired) electrons. The fourth-order valence-electron chi connectivity index (χ4n) is 3.10. The van der Waals surface area contributed by atoms with Crippen LogP contribution in [0.1, 0.15) is 32.9 Å². The van der Waals surface area contributed by atoms with Crippen molar-refractivity contribution in [2.24, 2.45) is 0 Å². The molecule has 0 unspecified atom stereocenters. The monoisotopic (exact) mass is 361 g/mol. The van der Waals surface area contributed by atoms with Crippen molar-refractivity contribution < 1.29 is 9.59 Å². The van der Waals surface area contributed by atoms with E-state index in [0.29, 0.717) is 5.56 Å². The minimum Gasteiger partial charge on any atom is -0.318 e. The number of aryl methyl sites for hydroxylation is 2. The van der Waals surface area contributed by atoms with Crippen LogP contribution in [0.3, 0.4) is 0 Å². The number of amides is 2. The summed E-state index contributed by atoms with van der Waals surface area (Å²) in [4.78, 5) is 24.6. The van der Waals surface area contributed by atoms with Gasteiger partial charge < -0.3 is 4.57 Å². The van der Waals surface area contributed by atoms with Crippen molar-refractivity contribution in [1.82, 2.24) is 15.4 Å². The van der Waals surface area contributed by atoms with E-state index in [1.807, 2.05) is 86.0 Å². The first-order valence-electron chi connectivity index (χ1n) is 8.85. The molecule has 0 aliphatic rings. The van der Waals surface area contributed by atoms with Gasteiger partial charge >= 0.3 is 0 Å². The van der Waals surface area contributed by atoms with Crippen LogP contribution < -0.4 is 10.9 Å². The molecule has 1 heterocycles. The Morgan fingerprint density at radius 3 is 2.22 bits per heavy atom. The first kappa shape index (κ1) is 18.5. The molecule has 1 aromatic heterocycles. The molecule has 0 atom stereocenters. The van der Waals surface area contributed by atoms with Gasteiger partial charge in [0.1, 0.15) is 0 Å². The fraction of sp³-hybridized carbons (Fsp3) is 0.182. The number of rotatable bonds is 4. The van der Waals surface area contributed by atoms with E-state index in [9.17, 15) is 9.59 Å². The number of para-hydroxylation sites is 1. The molecule has 2 amide bonds. The summed E-state index contributed by atoms with van der Waals surface area (Å²) in [6.07, 6.45) is 0.212. The summed E-state index contributed by atoms with van der Waals surface area (Å²) in [7, 11) is 0. The standard InChI is InChI=1S/C22H23N3O2/c1-15-9-11-18(12-10-15)14-21(26)23-24-22(27)20-13-16(2)25(17(20)3)19-7-5-4-6-8-19/h4-13H,14H2,1-3H3,(H,23,26)(H,24,27). The van der Waals surface area contributed by atoms with Crippen LogP contribution in [0.25, 0.3) is 5.69 Å². The summed E-state index contributed by atoms with van der Waals surface area (Å²) in [6, 6.07) is 19.4. The van der Waals surface area contributed by atoms with Gasteiger partial charge in [0.15, 0.2) is 0 Å². The molecule has 3 rings (SSSR count). The van der Waals surface area contributed by atoms with Gasteiger partial charge in [-0.05, 0) is 44.5 Å². The Bertz CT molecular complexity index is 957. The molecule has 5 heteroatoms. The van der Waals surface area contributed by atoms with E-state index in [-0.39, 0.29) is 18.2 Å². The molecule has 0 saturated heterocycles. The van der Waals surface area contributed by atoms with Gasteiger partial charge in [-0.15, -0.1) is 0 Å². The number of benzene rings is 2. The first-order valence-corrected chi connectivity index (χ1v) is 8.85. The summed E-state index contributed by atoms with van der Waals surface area (Å²) in [5.41, 5.74) is 10.3. The van der Waals surface area contributed by atoms with Gasteiger partial charge in [0.05, 0.1) is 12.0 Å². The molecular weight excluding hydrogens is 338 g/mol. The van der Waals surface area contributed by atoms with Gasteiger partial charge in [-0.1, -0.05) is 48.0 Å². The van der Waals surface area contributed by atoms with Crippen LogP contribution in [0, 0.1) is 20.8 Å². The third kappa shape index (κ3) is 4.26. The molecule has 2 N–H and O–H groups in total. The maximum Gasteiger partial charge on any atom is 0.271 e. The van der Waals surface area contributed by atoms with Crippen molar-refractivity contribution in [2.75, 3.05) is 0 Å². The number of nitrogens with one attached hydrogen (secondary N) is 2. The summed E-state index contributed by atoms with van der Waals surface area (Å²) >= 11 is 0. The Morgan fingerprint density at radius 2 is 1.56 bits per heavy atom. The summed E-state index contributed by atoms with van der Waals surface area (Å²) in [5.74, 6) is -0.591. The largest absolute Gasteiger partial charge is 0.318 e. The molecular formula is C22H23N3O2. The van der Waals surface area contributed by atoms with E-state index in [0.717, 1.165) is 28.2 Å². The van der Waals surface area contributed by atoms with Crippen LogP contribution in [0.15, 0.2) is 60.7 Å². The second-order valence-corrected chi connectivity index (χ2v) is 6.62. The van der Waals surface area contributed by atoms with E-state index >= 15 is 0 Å². The van der Waals surface area contributed by atoms with Gasteiger partial charge in [-0.25, -0.2) is 0 Å². The SMILES string of the molecule is Cc1ccc(CC(=O)NNC(=O)c2cc(C)n(-c3ccccc3)c2C)cc1. The number of carbonyl (C=O) groups excluding carboxylic acids is 2. The first-order chi connectivity index (χ1) is 13.0. The van der Waals surface area contributed by atoms with Gasteiger partial charge in [0.2, 0.25) is 5.91 Å². The van der Waals surface area contributed by atoms with Crippen molar-refractivity contribution in [3.63, 3.8) is 0 Å². The Labute approximate surface area is 159 Å². The zero-order chi connectivity index (χ0) is 19.4. The van der Waals surface area contributed by atoms with Crippen LogP contribution in [0.5, 0.6) is 0 Å². The van der Waals surface area contributed by atoms with Gasteiger partial charge in [0.25, 0.3) is 5.91 Å². The van der Waals surface area contributed by atoms with Gasteiger partial charge in [-0.2, -0.15) is 0 Å². The smallest absolute Gasteiger partial charge is 0.271 e. The lowest BCUT2D eigenvalue weighted by molar-refractivity contribution is -0.121. The minimum absolute atomic E-state index is 0.212. The topological polar surface area (TPSA) is 63.1 Å². The van der Waals surface area contributed by atoms with Crippen molar-refractivity contribution in [1.29, 1.82) is 0 Å². The predicted molar refractivity (Wildman–Crippen MR) is 106 cm³/mol. The van der Waals surface area contributed by atoms with Gasteiger partial charge in [0, 0.05) is 17.1 Å². The normalized spacial score (nSPS) is 10.5. The van der Waals surface area contributed by atoms with E-state index < -0.39 is 0 Å².